The summed E-state index contributed by atoms with van der Waals surface area (Å²) in [5, 5.41) is 3.31. The minimum absolute atomic E-state index is 0.0135. The van der Waals surface area contributed by atoms with E-state index in [0.717, 1.165) is 0 Å². The van der Waals surface area contributed by atoms with Crippen LogP contribution in [-0.4, -0.2) is 36.3 Å². The third-order valence-corrected chi connectivity index (χ3v) is 3.65. The van der Waals surface area contributed by atoms with Crippen LogP contribution in [0, 0.1) is 0 Å². The lowest BCUT2D eigenvalue weighted by atomic mass is 10.2. The minimum Gasteiger partial charge on any atom is -0.354 e. The van der Waals surface area contributed by atoms with Crippen molar-refractivity contribution in [2.75, 3.05) is 19.6 Å². The van der Waals surface area contributed by atoms with Crippen LogP contribution in [0.1, 0.15) is 16.8 Å². The molecule has 6 heteroatoms. The molecule has 0 saturated carbocycles. The SMILES string of the molecule is O=C1CCN(C(=O)c2ccc(Cl)cc2Br)CCN1. The van der Waals surface area contributed by atoms with E-state index >= 15 is 0 Å². The van der Waals surface area contributed by atoms with E-state index in [0.29, 0.717) is 41.1 Å². The Morgan fingerprint density at radius 2 is 2.17 bits per heavy atom. The van der Waals surface area contributed by atoms with Gasteiger partial charge < -0.3 is 10.2 Å². The van der Waals surface area contributed by atoms with E-state index in [1.54, 1.807) is 23.1 Å². The highest BCUT2D eigenvalue weighted by Crippen LogP contribution is 2.23. The molecule has 1 aliphatic heterocycles. The average molecular weight is 332 g/mol. The summed E-state index contributed by atoms with van der Waals surface area (Å²) in [6.45, 7) is 1.47. The third-order valence-electron chi connectivity index (χ3n) is 2.76. The van der Waals surface area contributed by atoms with Gasteiger partial charge in [0.25, 0.3) is 5.91 Å². The van der Waals surface area contributed by atoms with Crippen LogP contribution in [0.2, 0.25) is 5.02 Å². The first-order valence-electron chi connectivity index (χ1n) is 5.59. The molecule has 0 bridgehead atoms. The first-order valence-corrected chi connectivity index (χ1v) is 6.76. The largest absolute Gasteiger partial charge is 0.354 e. The Morgan fingerprint density at radius 1 is 1.39 bits per heavy atom. The molecule has 0 unspecified atom stereocenters. The molecule has 0 spiro atoms. The van der Waals surface area contributed by atoms with Gasteiger partial charge in [0, 0.05) is 35.6 Å². The topological polar surface area (TPSA) is 49.4 Å². The van der Waals surface area contributed by atoms with Gasteiger partial charge in [-0.2, -0.15) is 0 Å². The predicted octanol–water partition coefficient (Wildman–Crippen LogP) is 2.06. The molecule has 0 radical (unpaired) electrons. The van der Waals surface area contributed by atoms with Crippen molar-refractivity contribution in [2.24, 2.45) is 0 Å². The Kier molecular flexibility index (Phi) is 4.24. The number of hydrogen-bond acceptors (Lipinski definition) is 2. The molecule has 1 N–H and O–H groups in total. The zero-order valence-electron chi connectivity index (χ0n) is 9.58. The predicted molar refractivity (Wildman–Crippen MR) is 72.7 cm³/mol. The van der Waals surface area contributed by atoms with Gasteiger partial charge in [0.05, 0.1) is 5.56 Å². The Bertz CT molecular complexity index is 493. The Morgan fingerprint density at radius 3 is 2.89 bits per heavy atom. The van der Waals surface area contributed by atoms with Gasteiger partial charge in [-0.1, -0.05) is 11.6 Å². The van der Waals surface area contributed by atoms with Gasteiger partial charge in [-0.05, 0) is 34.1 Å². The third kappa shape index (κ3) is 3.03. The number of nitrogens with zero attached hydrogens (tertiary/aromatic N) is 1. The fraction of sp³-hybridized carbons (Fsp3) is 0.333. The summed E-state index contributed by atoms with van der Waals surface area (Å²) in [4.78, 5) is 25.2. The highest BCUT2D eigenvalue weighted by molar-refractivity contribution is 9.10. The molecule has 4 nitrogen and oxygen atoms in total. The van der Waals surface area contributed by atoms with Crippen LogP contribution in [0.3, 0.4) is 0 Å². The van der Waals surface area contributed by atoms with Gasteiger partial charge in [0.15, 0.2) is 0 Å². The van der Waals surface area contributed by atoms with Crippen LogP contribution in [-0.2, 0) is 4.79 Å². The summed E-state index contributed by atoms with van der Waals surface area (Å²) >= 11 is 9.17. The molecule has 1 saturated heterocycles. The van der Waals surface area contributed by atoms with Crippen LogP contribution in [0.25, 0.3) is 0 Å². The van der Waals surface area contributed by atoms with E-state index in [1.165, 1.54) is 0 Å². The number of nitrogens with one attached hydrogen (secondary N) is 1. The molecular weight excluding hydrogens is 320 g/mol. The number of benzene rings is 1. The van der Waals surface area contributed by atoms with Crippen molar-refractivity contribution < 1.29 is 9.59 Å². The molecule has 1 aromatic rings. The summed E-state index contributed by atoms with van der Waals surface area (Å²) in [6.07, 6.45) is 0.344. The van der Waals surface area contributed by atoms with Gasteiger partial charge in [0.1, 0.15) is 0 Å². The second-order valence-electron chi connectivity index (χ2n) is 4.02. The molecule has 1 aliphatic rings. The number of carbonyl (C=O) groups excluding carboxylic acids is 2. The fourth-order valence-electron chi connectivity index (χ4n) is 1.80. The molecule has 1 fully saturated rings. The molecule has 0 atom stereocenters. The van der Waals surface area contributed by atoms with Gasteiger partial charge in [0.2, 0.25) is 5.91 Å². The Hall–Kier alpha value is -1.07. The standard InChI is InChI=1S/C12H12BrClN2O2/c13-10-7-8(14)1-2-9(10)12(18)16-5-3-11(17)15-4-6-16/h1-2,7H,3-6H2,(H,15,17). The number of carbonyl (C=O) groups is 2. The number of amides is 2. The lowest BCUT2D eigenvalue weighted by Crippen LogP contribution is -2.34. The van der Waals surface area contributed by atoms with Crippen molar-refractivity contribution >= 4 is 39.3 Å². The van der Waals surface area contributed by atoms with Crippen LogP contribution in [0.4, 0.5) is 0 Å². The number of halogens is 2. The Balaban J connectivity index is 2.17. The smallest absolute Gasteiger partial charge is 0.255 e. The highest BCUT2D eigenvalue weighted by atomic mass is 79.9. The number of hydrogen-bond donors (Lipinski definition) is 1. The molecule has 0 aliphatic carbocycles. The van der Waals surface area contributed by atoms with Crippen molar-refractivity contribution in [3.8, 4) is 0 Å². The molecule has 18 heavy (non-hydrogen) atoms. The van der Waals surface area contributed by atoms with Gasteiger partial charge in [-0.25, -0.2) is 0 Å². The van der Waals surface area contributed by atoms with E-state index in [9.17, 15) is 9.59 Å². The second kappa shape index (κ2) is 5.71. The van der Waals surface area contributed by atoms with Gasteiger partial charge >= 0.3 is 0 Å². The van der Waals surface area contributed by atoms with Crippen molar-refractivity contribution in [3.05, 3.63) is 33.3 Å². The molecular formula is C12H12BrClN2O2. The zero-order valence-corrected chi connectivity index (χ0v) is 11.9. The fourth-order valence-corrected chi connectivity index (χ4v) is 2.66. The van der Waals surface area contributed by atoms with Crippen LogP contribution >= 0.6 is 27.5 Å². The van der Waals surface area contributed by atoms with E-state index in [-0.39, 0.29) is 11.8 Å². The molecule has 2 amide bonds. The summed E-state index contributed by atoms with van der Waals surface area (Å²) in [7, 11) is 0. The quantitative estimate of drug-likeness (QED) is 0.856. The van der Waals surface area contributed by atoms with E-state index in [4.69, 9.17) is 11.6 Å². The minimum atomic E-state index is -0.0879. The molecule has 1 heterocycles. The first kappa shape index (κ1) is 13.4. The van der Waals surface area contributed by atoms with Crippen molar-refractivity contribution in [3.63, 3.8) is 0 Å². The maximum Gasteiger partial charge on any atom is 0.255 e. The lowest BCUT2D eigenvalue weighted by molar-refractivity contribution is -0.120. The molecule has 96 valence electrons. The molecule has 0 aromatic heterocycles. The zero-order chi connectivity index (χ0) is 13.1. The summed E-state index contributed by atoms with van der Waals surface area (Å²) in [6, 6.07) is 5.06. The van der Waals surface area contributed by atoms with Gasteiger partial charge in [-0.15, -0.1) is 0 Å². The van der Waals surface area contributed by atoms with Gasteiger partial charge in [-0.3, -0.25) is 9.59 Å². The maximum atomic E-state index is 12.3. The summed E-state index contributed by atoms with van der Waals surface area (Å²) < 4.78 is 0.670. The first-order chi connectivity index (χ1) is 8.58. The lowest BCUT2D eigenvalue weighted by Gasteiger charge is -2.20. The maximum absolute atomic E-state index is 12.3. The van der Waals surface area contributed by atoms with Crippen molar-refractivity contribution in [1.29, 1.82) is 0 Å². The van der Waals surface area contributed by atoms with E-state index in [2.05, 4.69) is 21.2 Å². The van der Waals surface area contributed by atoms with Crippen LogP contribution in [0.15, 0.2) is 22.7 Å². The van der Waals surface area contributed by atoms with Crippen LogP contribution < -0.4 is 5.32 Å². The van der Waals surface area contributed by atoms with Crippen molar-refractivity contribution in [2.45, 2.75) is 6.42 Å². The molecule has 1 aromatic carbocycles. The normalized spacial score (nSPS) is 16.1. The summed E-state index contributed by atoms with van der Waals surface area (Å²) in [5.41, 5.74) is 0.564. The summed E-state index contributed by atoms with van der Waals surface area (Å²) in [5.74, 6) is -0.101. The van der Waals surface area contributed by atoms with E-state index < -0.39 is 0 Å². The number of rotatable bonds is 1. The van der Waals surface area contributed by atoms with Crippen molar-refractivity contribution in [1.82, 2.24) is 10.2 Å². The highest BCUT2D eigenvalue weighted by Gasteiger charge is 2.21. The monoisotopic (exact) mass is 330 g/mol. The second-order valence-corrected chi connectivity index (χ2v) is 5.31. The Labute approximate surface area is 118 Å². The van der Waals surface area contributed by atoms with Crippen LogP contribution in [0.5, 0.6) is 0 Å². The average Bonchev–Trinajstić information content (AvgIpc) is 2.53. The molecule has 2 rings (SSSR count). The van der Waals surface area contributed by atoms with E-state index in [1.807, 2.05) is 0 Å².